The number of terminal acetylenes is 1. The summed E-state index contributed by atoms with van der Waals surface area (Å²) in [5.41, 5.74) is 6.65. The van der Waals surface area contributed by atoms with E-state index in [2.05, 4.69) is 30.1 Å². The number of carbonyl (C=O) groups is 2. The molecular formula is C22H31N5O3. The second kappa shape index (κ2) is 21.3. The van der Waals surface area contributed by atoms with Gasteiger partial charge in [0.2, 0.25) is 6.41 Å². The van der Waals surface area contributed by atoms with Gasteiger partial charge in [-0.15, -0.1) is 19.4 Å². The molecule has 0 radical (unpaired) electrons. The maximum Gasteiger partial charge on any atom is 0.303 e. The molecule has 0 saturated carbocycles. The highest BCUT2D eigenvalue weighted by atomic mass is 16.4. The normalized spacial score (nSPS) is 7.80. The Morgan fingerprint density at radius 1 is 1.20 bits per heavy atom. The van der Waals surface area contributed by atoms with Crippen LogP contribution in [0.2, 0.25) is 0 Å². The molecule has 6 N–H and O–H groups in total. The number of carboxylic acid groups (broad SMARTS) is 1. The van der Waals surface area contributed by atoms with E-state index in [0.29, 0.717) is 5.69 Å². The van der Waals surface area contributed by atoms with Crippen molar-refractivity contribution in [3.05, 3.63) is 72.6 Å². The standard InChI is InChI=1S/C12H12N4.C4H8.C3H6O2.C2H2.CH3NO/c13-12(11-8-4-5-9-15-11)16(14)10-6-2-1-3-7-10;1-4(2)3;1-2-3(4)5;1-2;2-1-3/h1-9,13H,14H2;1H2,2-3H3;2H2,1H3,(H,4,5);1-2H;1H,(H2,2,3). The van der Waals surface area contributed by atoms with Gasteiger partial charge < -0.3 is 10.8 Å². The highest BCUT2D eigenvalue weighted by Gasteiger charge is 2.10. The fourth-order valence-electron chi connectivity index (χ4n) is 1.34. The van der Waals surface area contributed by atoms with Gasteiger partial charge in [-0.25, -0.2) is 5.84 Å². The number of nitrogens with two attached hydrogens (primary N) is 2. The van der Waals surface area contributed by atoms with Crippen molar-refractivity contribution in [2.45, 2.75) is 27.2 Å². The van der Waals surface area contributed by atoms with E-state index in [9.17, 15) is 4.79 Å². The van der Waals surface area contributed by atoms with E-state index in [4.69, 9.17) is 21.2 Å². The van der Waals surface area contributed by atoms with Gasteiger partial charge in [-0.05, 0) is 38.1 Å². The van der Waals surface area contributed by atoms with E-state index in [1.807, 2.05) is 50.2 Å². The zero-order valence-electron chi connectivity index (χ0n) is 17.7. The Labute approximate surface area is 178 Å². The first-order valence-corrected chi connectivity index (χ1v) is 8.63. The van der Waals surface area contributed by atoms with Crippen LogP contribution in [0.5, 0.6) is 0 Å². The molecule has 0 atom stereocenters. The second-order valence-corrected chi connectivity index (χ2v) is 5.36. The van der Waals surface area contributed by atoms with Crippen LogP contribution in [-0.2, 0) is 9.59 Å². The Morgan fingerprint density at radius 3 is 1.93 bits per heavy atom. The summed E-state index contributed by atoms with van der Waals surface area (Å²) in [7, 11) is 0. The van der Waals surface area contributed by atoms with Gasteiger partial charge in [-0.1, -0.05) is 36.8 Å². The summed E-state index contributed by atoms with van der Waals surface area (Å²) < 4.78 is 0. The molecule has 0 spiro atoms. The Balaban J connectivity index is -0.000000432. The molecule has 0 bridgehead atoms. The molecule has 1 aromatic carbocycles. The topological polar surface area (TPSA) is 146 Å². The number of nitrogens with one attached hydrogen (secondary N) is 1. The Morgan fingerprint density at radius 2 is 1.60 bits per heavy atom. The number of aliphatic carboxylic acids is 1. The molecular weight excluding hydrogens is 382 g/mol. The van der Waals surface area contributed by atoms with Crippen LogP contribution < -0.4 is 16.6 Å². The molecule has 0 fully saturated rings. The third-order valence-corrected chi connectivity index (χ3v) is 2.49. The number of hydrogen-bond acceptors (Lipinski definition) is 5. The summed E-state index contributed by atoms with van der Waals surface area (Å²) in [5, 5.41) is 16.9. The average Bonchev–Trinajstić information content (AvgIpc) is 2.76. The van der Waals surface area contributed by atoms with Gasteiger partial charge in [-0.2, -0.15) is 0 Å². The fourth-order valence-corrected chi connectivity index (χ4v) is 1.34. The summed E-state index contributed by atoms with van der Waals surface area (Å²) >= 11 is 0. The first kappa shape index (κ1) is 30.8. The maximum absolute atomic E-state index is 9.37. The van der Waals surface area contributed by atoms with Crippen molar-refractivity contribution in [3.8, 4) is 12.8 Å². The number of aromatic nitrogens is 1. The number of carbonyl (C=O) groups excluding carboxylic acids is 1. The number of amidine groups is 1. The third-order valence-electron chi connectivity index (χ3n) is 2.49. The molecule has 162 valence electrons. The van der Waals surface area contributed by atoms with Crippen LogP contribution in [0.3, 0.4) is 0 Å². The number of benzene rings is 1. The number of anilines is 1. The van der Waals surface area contributed by atoms with Gasteiger partial charge >= 0.3 is 5.97 Å². The minimum absolute atomic E-state index is 0.173. The van der Waals surface area contributed by atoms with Crippen LogP contribution in [0.4, 0.5) is 5.69 Å². The predicted molar refractivity (Wildman–Crippen MR) is 123 cm³/mol. The zero-order chi connectivity index (χ0) is 23.9. The number of para-hydroxylation sites is 1. The van der Waals surface area contributed by atoms with Gasteiger partial charge in [0.05, 0.1) is 5.69 Å². The van der Waals surface area contributed by atoms with Crippen LogP contribution in [-0.4, -0.2) is 28.3 Å². The smallest absolute Gasteiger partial charge is 0.303 e. The van der Waals surface area contributed by atoms with Crippen molar-refractivity contribution < 1.29 is 14.7 Å². The maximum atomic E-state index is 9.37. The average molecular weight is 414 g/mol. The molecule has 0 aliphatic heterocycles. The van der Waals surface area contributed by atoms with Crippen molar-refractivity contribution in [1.82, 2.24) is 4.98 Å². The van der Waals surface area contributed by atoms with Crippen molar-refractivity contribution in [2.24, 2.45) is 11.6 Å². The van der Waals surface area contributed by atoms with E-state index in [-0.39, 0.29) is 18.7 Å². The van der Waals surface area contributed by atoms with E-state index < -0.39 is 5.97 Å². The lowest BCUT2D eigenvalue weighted by molar-refractivity contribution is -0.136. The first-order valence-electron chi connectivity index (χ1n) is 8.63. The highest BCUT2D eigenvalue weighted by Crippen LogP contribution is 2.11. The van der Waals surface area contributed by atoms with Gasteiger partial charge in [-0.3, -0.25) is 25.0 Å². The van der Waals surface area contributed by atoms with E-state index in [0.717, 1.165) is 5.69 Å². The molecule has 2 rings (SSSR count). The lowest BCUT2D eigenvalue weighted by Crippen LogP contribution is -2.37. The molecule has 30 heavy (non-hydrogen) atoms. The number of carboxylic acids is 1. The number of allylic oxidation sites excluding steroid dienone is 1. The molecule has 0 unspecified atom stereocenters. The monoisotopic (exact) mass is 413 g/mol. The van der Waals surface area contributed by atoms with Crippen LogP contribution in [0, 0.1) is 18.3 Å². The van der Waals surface area contributed by atoms with Crippen molar-refractivity contribution in [3.63, 3.8) is 0 Å². The summed E-state index contributed by atoms with van der Waals surface area (Å²) in [6.07, 6.45) is 10.1. The molecule has 8 heteroatoms. The molecule has 1 amide bonds. The molecule has 2 aromatic rings. The van der Waals surface area contributed by atoms with Gasteiger partial charge in [0.25, 0.3) is 0 Å². The summed E-state index contributed by atoms with van der Waals surface area (Å²) in [6, 6.07) is 14.7. The van der Waals surface area contributed by atoms with Gasteiger partial charge in [0, 0.05) is 12.6 Å². The lowest BCUT2D eigenvalue weighted by atomic mass is 10.2. The SMILES string of the molecule is C#C.C=C(C)C.CCC(=O)O.N=C(c1ccccn1)N(N)c1ccccc1.NC=O. The number of rotatable bonds is 3. The minimum atomic E-state index is -0.745. The van der Waals surface area contributed by atoms with Crippen LogP contribution >= 0.6 is 0 Å². The minimum Gasteiger partial charge on any atom is -0.481 e. The Bertz CT molecular complexity index is 743. The van der Waals surface area contributed by atoms with Crippen LogP contribution in [0.1, 0.15) is 32.9 Å². The third kappa shape index (κ3) is 18.8. The van der Waals surface area contributed by atoms with Crippen molar-refractivity contribution in [1.29, 1.82) is 5.41 Å². The number of primary amides is 1. The fraction of sp³-hybridized carbons (Fsp3) is 0.182. The van der Waals surface area contributed by atoms with E-state index in [1.165, 1.54) is 10.6 Å². The number of pyridine rings is 1. The van der Waals surface area contributed by atoms with E-state index >= 15 is 0 Å². The Hall–Kier alpha value is -3.96. The molecule has 0 aliphatic rings. The molecule has 0 saturated heterocycles. The number of amides is 1. The number of nitrogens with zero attached hydrogens (tertiary/aromatic N) is 2. The summed E-state index contributed by atoms with van der Waals surface area (Å²) in [5.74, 6) is 5.27. The van der Waals surface area contributed by atoms with Crippen molar-refractivity contribution >= 4 is 23.9 Å². The summed E-state index contributed by atoms with van der Waals surface area (Å²) in [4.78, 5) is 22.0. The second-order valence-electron chi connectivity index (χ2n) is 5.36. The first-order chi connectivity index (χ1) is 14.2. The lowest BCUT2D eigenvalue weighted by Gasteiger charge is -2.18. The zero-order valence-corrected chi connectivity index (χ0v) is 17.7. The molecule has 1 heterocycles. The molecule has 8 nitrogen and oxygen atoms in total. The van der Waals surface area contributed by atoms with Gasteiger partial charge in [0.1, 0.15) is 5.69 Å². The van der Waals surface area contributed by atoms with Gasteiger partial charge in [0.15, 0.2) is 5.84 Å². The summed E-state index contributed by atoms with van der Waals surface area (Å²) in [6.45, 7) is 9.10. The Kier molecular flexibility index (Phi) is 21.9. The quantitative estimate of drug-likeness (QED) is 0.116. The number of hydrazine groups is 1. The van der Waals surface area contributed by atoms with Crippen LogP contribution in [0.15, 0.2) is 66.9 Å². The number of hydrogen-bond donors (Lipinski definition) is 4. The van der Waals surface area contributed by atoms with Crippen molar-refractivity contribution in [2.75, 3.05) is 5.01 Å². The largest absolute Gasteiger partial charge is 0.481 e. The predicted octanol–water partition coefficient (Wildman–Crippen LogP) is 3.20. The van der Waals surface area contributed by atoms with E-state index in [1.54, 1.807) is 25.3 Å². The van der Waals surface area contributed by atoms with Crippen LogP contribution in [0.25, 0.3) is 0 Å². The highest BCUT2D eigenvalue weighted by molar-refractivity contribution is 6.05. The molecule has 0 aliphatic carbocycles. The molecule has 1 aromatic heterocycles.